The zero-order chi connectivity index (χ0) is 12.0. The molecule has 0 fully saturated rings. The summed E-state index contributed by atoms with van der Waals surface area (Å²) in [6.45, 7) is 5.35. The van der Waals surface area contributed by atoms with E-state index in [0.29, 0.717) is 18.8 Å². The molecule has 0 atom stereocenters. The van der Waals surface area contributed by atoms with Crippen LogP contribution < -0.4 is 10.9 Å². The van der Waals surface area contributed by atoms with Crippen molar-refractivity contribution in [1.82, 2.24) is 10.2 Å². The first-order chi connectivity index (χ1) is 7.59. The zero-order valence-corrected chi connectivity index (χ0v) is 10.2. The SMILES string of the molecule is CC(C)OCCCNc1cc(=O)[nH]nc1Cl. The Kier molecular flexibility index (Phi) is 5.28. The van der Waals surface area contributed by atoms with Crippen molar-refractivity contribution in [1.29, 1.82) is 0 Å². The lowest BCUT2D eigenvalue weighted by Gasteiger charge is -2.09. The molecular weight excluding hydrogens is 230 g/mol. The summed E-state index contributed by atoms with van der Waals surface area (Å²) >= 11 is 5.78. The molecule has 0 spiro atoms. The summed E-state index contributed by atoms with van der Waals surface area (Å²) in [7, 11) is 0. The number of hydrogen-bond donors (Lipinski definition) is 2. The van der Waals surface area contributed by atoms with E-state index in [1.165, 1.54) is 6.07 Å². The van der Waals surface area contributed by atoms with Crippen molar-refractivity contribution in [2.45, 2.75) is 26.4 Å². The molecule has 6 heteroatoms. The van der Waals surface area contributed by atoms with Crippen LogP contribution in [0.3, 0.4) is 0 Å². The molecule has 0 aromatic carbocycles. The van der Waals surface area contributed by atoms with Crippen LogP contribution in [0, 0.1) is 0 Å². The van der Waals surface area contributed by atoms with E-state index in [9.17, 15) is 4.79 Å². The van der Waals surface area contributed by atoms with E-state index in [0.717, 1.165) is 6.42 Å². The molecule has 1 aromatic rings. The highest BCUT2D eigenvalue weighted by Crippen LogP contribution is 2.14. The van der Waals surface area contributed by atoms with Crippen molar-refractivity contribution >= 4 is 17.3 Å². The second-order valence-electron chi connectivity index (χ2n) is 3.64. The summed E-state index contributed by atoms with van der Waals surface area (Å²) in [6.07, 6.45) is 1.09. The number of aromatic nitrogens is 2. The van der Waals surface area contributed by atoms with Crippen molar-refractivity contribution in [3.8, 4) is 0 Å². The van der Waals surface area contributed by atoms with Crippen LogP contribution in [0.15, 0.2) is 10.9 Å². The molecule has 0 bridgehead atoms. The molecule has 5 nitrogen and oxygen atoms in total. The molecule has 1 heterocycles. The van der Waals surface area contributed by atoms with Gasteiger partial charge in [-0.3, -0.25) is 4.79 Å². The summed E-state index contributed by atoms with van der Waals surface area (Å²) in [5, 5.41) is 9.20. The first-order valence-electron chi connectivity index (χ1n) is 5.20. The molecule has 1 aromatic heterocycles. The van der Waals surface area contributed by atoms with Crippen LogP contribution in [0.4, 0.5) is 5.69 Å². The molecule has 16 heavy (non-hydrogen) atoms. The highest BCUT2D eigenvalue weighted by Gasteiger charge is 2.01. The fourth-order valence-corrected chi connectivity index (χ4v) is 1.29. The van der Waals surface area contributed by atoms with Gasteiger partial charge >= 0.3 is 0 Å². The van der Waals surface area contributed by atoms with Crippen molar-refractivity contribution in [2.75, 3.05) is 18.5 Å². The third-order valence-corrected chi connectivity index (χ3v) is 2.14. The van der Waals surface area contributed by atoms with Crippen LogP contribution in [0.25, 0.3) is 0 Å². The number of aromatic amines is 1. The highest BCUT2D eigenvalue weighted by molar-refractivity contribution is 6.31. The molecule has 2 N–H and O–H groups in total. The average Bonchev–Trinajstić information content (AvgIpc) is 2.22. The van der Waals surface area contributed by atoms with E-state index in [1.54, 1.807) is 0 Å². The van der Waals surface area contributed by atoms with E-state index in [-0.39, 0.29) is 16.8 Å². The Morgan fingerprint density at radius 3 is 3.06 bits per heavy atom. The largest absolute Gasteiger partial charge is 0.382 e. The van der Waals surface area contributed by atoms with E-state index < -0.39 is 0 Å². The Hall–Kier alpha value is -1.07. The Bertz CT molecular complexity index is 379. The monoisotopic (exact) mass is 245 g/mol. The molecule has 0 saturated heterocycles. The van der Waals surface area contributed by atoms with Gasteiger partial charge in [-0.15, -0.1) is 0 Å². The number of rotatable bonds is 6. The second kappa shape index (κ2) is 6.50. The van der Waals surface area contributed by atoms with Crippen LogP contribution in [0.1, 0.15) is 20.3 Å². The van der Waals surface area contributed by atoms with Gasteiger partial charge < -0.3 is 10.1 Å². The van der Waals surface area contributed by atoms with Gasteiger partial charge in [0.25, 0.3) is 5.56 Å². The Balaban J connectivity index is 2.32. The number of nitrogens with zero attached hydrogens (tertiary/aromatic N) is 1. The maximum Gasteiger partial charge on any atom is 0.266 e. The molecule has 0 amide bonds. The lowest BCUT2D eigenvalue weighted by atomic mass is 10.4. The van der Waals surface area contributed by atoms with Gasteiger partial charge in [0.15, 0.2) is 5.15 Å². The van der Waals surface area contributed by atoms with Gasteiger partial charge in [-0.1, -0.05) is 11.6 Å². The molecule has 0 unspecified atom stereocenters. The minimum atomic E-state index is -0.273. The number of hydrogen-bond acceptors (Lipinski definition) is 4. The van der Waals surface area contributed by atoms with Gasteiger partial charge in [-0.25, -0.2) is 5.10 Å². The maximum atomic E-state index is 11.0. The van der Waals surface area contributed by atoms with Crippen molar-refractivity contribution in [3.63, 3.8) is 0 Å². The predicted molar refractivity (Wildman–Crippen MR) is 64.1 cm³/mol. The topological polar surface area (TPSA) is 67.0 Å². The quantitative estimate of drug-likeness (QED) is 0.748. The molecular formula is C10H16ClN3O2. The zero-order valence-electron chi connectivity index (χ0n) is 9.42. The molecule has 90 valence electrons. The summed E-state index contributed by atoms with van der Waals surface area (Å²) in [4.78, 5) is 11.0. The number of H-pyrrole nitrogens is 1. The summed E-state index contributed by atoms with van der Waals surface area (Å²) in [5.41, 5.74) is 0.278. The van der Waals surface area contributed by atoms with E-state index >= 15 is 0 Å². The Morgan fingerprint density at radius 2 is 2.38 bits per heavy atom. The van der Waals surface area contributed by atoms with Crippen LogP contribution >= 0.6 is 11.6 Å². The third kappa shape index (κ3) is 4.63. The highest BCUT2D eigenvalue weighted by atomic mass is 35.5. The van der Waals surface area contributed by atoms with Crippen LogP contribution in [0.5, 0.6) is 0 Å². The molecule has 1 rings (SSSR count). The molecule has 0 aliphatic heterocycles. The van der Waals surface area contributed by atoms with Crippen molar-refractivity contribution in [3.05, 3.63) is 21.6 Å². The van der Waals surface area contributed by atoms with Crippen LogP contribution in [-0.2, 0) is 4.74 Å². The average molecular weight is 246 g/mol. The lowest BCUT2D eigenvalue weighted by molar-refractivity contribution is 0.0787. The first-order valence-corrected chi connectivity index (χ1v) is 5.58. The summed E-state index contributed by atoms with van der Waals surface area (Å²) in [5.74, 6) is 0. The van der Waals surface area contributed by atoms with Gasteiger partial charge in [0.05, 0.1) is 11.8 Å². The van der Waals surface area contributed by atoms with Crippen LogP contribution in [-0.4, -0.2) is 29.5 Å². The first kappa shape index (κ1) is 13.0. The maximum absolute atomic E-state index is 11.0. The minimum absolute atomic E-state index is 0.241. The van der Waals surface area contributed by atoms with Gasteiger partial charge in [-0.2, -0.15) is 5.10 Å². The molecule has 0 saturated carbocycles. The van der Waals surface area contributed by atoms with Gasteiger partial charge in [-0.05, 0) is 20.3 Å². The number of anilines is 1. The van der Waals surface area contributed by atoms with E-state index in [2.05, 4.69) is 15.5 Å². The van der Waals surface area contributed by atoms with E-state index in [4.69, 9.17) is 16.3 Å². The minimum Gasteiger partial charge on any atom is -0.382 e. The molecule has 0 aliphatic rings. The smallest absolute Gasteiger partial charge is 0.266 e. The van der Waals surface area contributed by atoms with Gasteiger partial charge in [0.2, 0.25) is 0 Å². The lowest BCUT2D eigenvalue weighted by Crippen LogP contribution is -2.13. The van der Waals surface area contributed by atoms with Crippen LogP contribution in [0.2, 0.25) is 5.15 Å². The third-order valence-electron chi connectivity index (χ3n) is 1.85. The van der Waals surface area contributed by atoms with Gasteiger partial charge in [0, 0.05) is 19.2 Å². The van der Waals surface area contributed by atoms with Crippen molar-refractivity contribution < 1.29 is 4.74 Å². The number of halogens is 1. The van der Waals surface area contributed by atoms with Crippen molar-refractivity contribution in [2.24, 2.45) is 0 Å². The number of nitrogens with one attached hydrogen (secondary N) is 2. The second-order valence-corrected chi connectivity index (χ2v) is 3.99. The fraction of sp³-hybridized carbons (Fsp3) is 0.600. The summed E-state index contributed by atoms with van der Waals surface area (Å²) in [6, 6.07) is 1.39. The Morgan fingerprint density at radius 1 is 1.62 bits per heavy atom. The molecule has 0 radical (unpaired) electrons. The van der Waals surface area contributed by atoms with Gasteiger partial charge in [0.1, 0.15) is 0 Å². The summed E-state index contributed by atoms with van der Waals surface area (Å²) < 4.78 is 5.38. The molecule has 0 aliphatic carbocycles. The fourth-order valence-electron chi connectivity index (χ4n) is 1.13. The van der Waals surface area contributed by atoms with E-state index in [1.807, 2.05) is 13.8 Å². The normalized spacial score (nSPS) is 10.8. The standard InChI is InChI=1S/C10H16ClN3O2/c1-7(2)16-5-3-4-12-8-6-9(15)13-14-10(8)11/h6-7H,3-5H2,1-2H3,(H2,12,13,15). The predicted octanol–water partition coefficient (Wildman–Crippen LogP) is 1.65. The Labute approximate surface area is 99.2 Å². The number of ether oxygens (including phenoxy) is 1.